The van der Waals surface area contributed by atoms with Gasteiger partial charge >= 0.3 is 6.55 Å². The van der Waals surface area contributed by atoms with Crippen molar-refractivity contribution in [2.24, 2.45) is 0 Å². The summed E-state index contributed by atoms with van der Waals surface area (Å²) >= 11 is 6.17. The van der Waals surface area contributed by atoms with E-state index in [1.807, 2.05) is 0 Å². The highest BCUT2D eigenvalue weighted by molar-refractivity contribution is 6.32. The first kappa shape index (κ1) is 18.7. The van der Waals surface area contributed by atoms with Gasteiger partial charge in [-0.15, -0.1) is 4.80 Å². The fourth-order valence-corrected chi connectivity index (χ4v) is 2.89. The van der Waals surface area contributed by atoms with E-state index in [0.717, 1.165) is 0 Å². The smallest absolute Gasteiger partial charge is 0.319 e. The number of aromatic nitrogens is 6. The number of carbonyl (C=O) groups is 1. The summed E-state index contributed by atoms with van der Waals surface area (Å²) in [5.41, 5.74) is 0.740. The number of hydrogen-bond donors (Lipinski definition) is 1. The van der Waals surface area contributed by atoms with Crippen molar-refractivity contribution in [2.75, 3.05) is 5.32 Å². The lowest BCUT2D eigenvalue weighted by Crippen LogP contribution is -2.14. The predicted molar refractivity (Wildman–Crippen MR) is 101 cm³/mol. The highest BCUT2D eigenvalue weighted by Crippen LogP contribution is 2.26. The van der Waals surface area contributed by atoms with Gasteiger partial charge in [0.15, 0.2) is 11.5 Å². The number of nitrogens with zero attached hydrogens (tertiary/aromatic N) is 6. The maximum absolute atomic E-state index is 13.4. The number of carbonyl (C=O) groups excluding carboxylic acids is 1. The Morgan fingerprint density at radius 2 is 1.83 bits per heavy atom. The van der Waals surface area contributed by atoms with Crippen molar-refractivity contribution in [3.63, 3.8) is 0 Å². The van der Waals surface area contributed by atoms with Crippen molar-refractivity contribution < 1.29 is 13.6 Å². The zero-order valence-corrected chi connectivity index (χ0v) is 15.3. The van der Waals surface area contributed by atoms with E-state index in [0.29, 0.717) is 10.2 Å². The molecule has 0 aliphatic heterocycles. The molecule has 1 amide bonds. The first-order valence-corrected chi connectivity index (χ1v) is 8.67. The van der Waals surface area contributed by atoms with E-state index in [1.54, 1.807) is 30.3 Å². The Labute approximate surface area is 167 Å². The molecule has 0 spiro atoms. The molecule has 1 N–H and O–H groups in total. The topological polar surface area (TPSA) is 90.5 Å². The fourth-order valence-electron chi connectivity index (χ4n) is 2.65. The summed E-state index contributed by atoms with van der Waals surface area (Å²) in [4.78, 5) is 17.9. The highest BCUT2D eigenvalue weighted by atomic mass is 35.5. The molecule has 8 nitrogen and oxygen atoms in total. The number of anilines is 1. The minimum absolute atomic E-state index is 0.127. The molecule has 0 fully saturated rings. The van der Waals surface area contributed by atoms with Crippen molar-refractivity contribution in [2.45, 2.75) is 6.55 Å². The molecule has 0 radical (unpaired) electrons. The van der Waals surface area contributed by atoms with Gasteiger partial charge in [0.1, 0.15) is 0 Å². The number of pyridine rings is 1. The Morgan fingerprint density at radius 3 is 2.48 bits per heavy atom. The summed E-state index contributed by atoms with van der Waals surface area (Å²) in [6, 6.07) is 11.2. The van der Waals surface area contributed by atoms with Crippen LogP contribution >= 0.6 is 11.6 Å². The van der Waals surface area contributed by atoms with Gasteiger partial charge in [-0.05, 0) is 12.1 Å². The van der Waals surface area contributed by atoms with Gasteiger partial charge in [0.05, 0.1) is 35.0 Å². The van der Waals surface area contributed by atoms with Crippen molar-refractivity contribution >= 4 is 23.2 Å². The first-order chi connectivity index (χ1) is 14.0. The average Bonchev–Trinajstić information content (AvgIpc) is 3.39. The number of rotatable bonds is 5. The molecule has 4 rings (SSSR count). The average molecular weight is 416 g/mol. The highest BCUT2D eigenvalue weighted by Gasteiger charge is 2.20. The summed E-state index contributed by atoms with van der Waals surface area (Å²) in [6.45, 7) is -2.90. The lowest BCUT2D eigenvalue weighted by Gasteiger charge is -2.06. The van der Waals surface area contributed by atoms with Crippen molar-refractivity contribution in [3.05, 3.63) is 71.8 Å². The molecule has 4 aromatic rings. The Hall–Kier alpha value is -3.66. The Balaban J connectivity index is 1.60. The molecular weight excluding hydrogens is 404 g/mol. The summed E-state index contributed by atoms with van der Waals surface area (Å²) in [6.07, 6.45) is 4.29. The van der Waals surface area contributed by atoms with Crippen LogP contribution in [0, 0.1) is 0 Å². The third kappa shape index (κ3) is 3.83. The number of benzene rings is 1. The van der Waals surface area contributed by atoms with Gasteiger partial charge in [-0.2, -0.15) is 24.1 Å². The molecule has 3 aromatic heterocycles. The SMILES string of the molecule is O=C(Nc1cnc(-n2nccn2)c(Cl)c1)c1cc(-c2ccccc2)n(C(F)F)n1. The van der Waals surface area contributed by atoms with E-state index in [-0.39, 0.29) is 27.9 Å². The molecule has 146 valence electrons. The predicted octanol–water partition coefficient (Wildman–Crippen LogP) is 3.83. The Morgan fingerprint density at radius 1 is 1.10 bits per heavy atom. The first-order valence-electron chi connectivity index (χ1n) is 8.29. The molecule has 0 aliphatic rings. The zero-order chi connectivity index (χ0) is 20.4. The minimum atomic E-state index is -2.90. The van der Waals surface area contributed by atoms with Crippen LogP contribution in [-0.2, 0) is 0 Å². The number of alkyl halides is 2. The molecule has 0 unspecified atom stereocenters. The molecule has 0 atom stereocenters. The minimum Gasteiger partial charge on any atom is -0.319 e. The molecule has 0 aliphatic carbocycles. The van der Waals surface area contributed by atoms with Crippen LogP contribution in [0.25, 0.3) is 17.1 Å². The largest absolute Gasteiger partial charge is 0.333 e. The van der Waals surface area contributed by atoms with Crippen molar-refractivity contribution in [1.82, 2.24) is 29.8 Å². The molecule has 0 saturated carbocycles. The molecule has 29 heavy (non-hydrogen) atoms. The van der Waals surface area contributed by atoms with Crippen LogP contribution < -0.4 is 5.32 Å². The normalized spacial score (nSPS) is 11.0. The van der Waals surface area contributed by atoms with Gasteiger partial charge in [-0.3, -0.25) is 4.79 Å². The lowest BCUT2D eigenvalue weighted by atomic mass is 10.1. The van der Waals surface area contributed by atoms with E-state index < -0.39 is 12.5 Å². The van der Waals surface area contributed by atoms with Crippen LogP contribution in [0.4, 0.5) is 14.5 Å². The van der Waals surface area contributed by atoms with Crippen LogP contribution in [0.15, 0.2) is 61.1 Å². The monoisotopic (exact) mass is 415 g/mol. The van der Waals surface area contributed by atoms with Crippen LogP contribution in [0.3, 0.4) is 0 Å². The van der Waals surface area contributed by atoms with Crippen LogP contribution in [0.1, 0.15) is 17.0 Å². The number of nitrogens with one attached hydrogen (secondary N) is 1. The second-order valence-electron chi connectivity index (χ2n) is 5.81. The second-order valence-corrected chi connectivity index (χ2v) is 6.21. The summed E-state index contributed by atoms with van der Waals surface area (Å²) in [5.74, 6) is -0.396. The maximum Gasteiger partial charge on any atom is 0.333 e. The standard InChI is InChI=1S/C18H12ClF2N7O/c19-13-8-12(10-22-16(13)28-23-6-7-24-28)25-17(29)14-9-15(27(26-14)18(20)21)11-4-2-1-3-5-11/h1-10,18H,(H,25,29). The summed E-state index contributed by atoms with van der Waals surface area (Å²) < 4.78 is 27.3. The van der Waals surface area contributed by atoms with Crippen LogP contribution in [-0.4, -0.2) is 35.7 Å². The van der Waals surface area contributed by atoms with E-state index >= 15 is 0 Å². The molecule has 3 heterocycles. The lowest BCUT2D eigenvalue weighted by molar-refractivity contribution is 0.0580. The zero-order valence-electron chi connectivity index (χ0n) is 14.6. The third-order valence-electron chi connectivity index (χ3n) is 3.91. The van der Waals surface area contributed by atoms with Crippen molar-refractivity contribution in [3.8, 4) is 17.1 Å². The van der Waals surface area contributed by atoms with Crippen LogP contribution in [0.5, 0.6) is 0 Å². The van der Waals surface area contributed by atoms with Gasteiger partial charge in [-0.25, -0.2) is 9.67 Å². The van der Waals surface area contributed by atoms with Gasteiger partial charge in [0, 0.05) is 5.56 Å². The fraction of sp³-hybridized carbons (Fsp3) is 0.0556. The number of halogens is 3. The molecule has 11 heteroatoms. The van der Waals surface area contributed by atoms with Crippen LogP contribution in [0.2, 0.25) is 5.02 Å². The molecule has 0 bridgehead atoms. The Bertz CT molecular complexity index is 1150. The van der Waals surface area contributed by atoms with Crippen molar-refractivity contribution in [1.29, 1.82) is 0 Å². The van der Waals surface area contributed by atoms with Gasteiger partial charge < -0.3 is 5.32 Å². The number of hydrogen-bond acceptors (Lipinski definition) is 5. The van der Waals surface area contributed by atoms with Gasteiger partial charge in [0.25, 0.3) is 5.91 Å². The van der Waals surface area contributed by atoms with E-state index in [2.05, 4.69) is 25.6 Å². The molecule has 0 saturated heterocycles. The molecule has 1 aromatic carbocycles. The van der Waals surface area contributed by atoms with E-state index in [4.69, 9.17) is 11.6 Å². The quantitative estimate of drug-likeness (QED) is 0.535. The van der Waals surface area contributed by atoms with Gasteiger partial charge in [0.2, 0.25) is 0 Å². The number of amides is 1. The maximum atomic E-state index is 13.4. The Kier molecular flexibility index (Phi) is 5.00. The summed E-state index contributed by atoms with van der Waals surface area (Å²) in [5, 5.41) is 14.3. The van der Waals surface area contributed by atoms with E-state index in [1.165, 1.54) is 35.5 Å². The second kappa shape index (κ2) is 7.76. The van der Waals surface area contributed by atoms with Gasteiger partial charge in [-0.1, -0.05) is 41.9 Å². The summed E-state index contributed by atoms with van der Waals surface area (Å²) in [7, 11) is 0. The molecular formula is C18H12ClF2N7O. The van der Waals surface area contributed by atoms with E-state index in [9.17, 15) is 13.6 Å². The third-order valence-corrected chi connectivity index (χ3v) is 4.19.